The Hall–Kier alpha value is -3.37. The summed E-state index contributed by atoms with van der Waals surface area (Å²) < 4.78 is 6.79. The molecule has 0 N–H and O–H groups in total. The highest BCUT2D eigenvalue weighted by Crippen LogP contribution is 2.52. The van der Waals surface area contributed by atoms with Gasteiger partial charge in [-0.05, 0) is 53.8 Å². The van der Waals surface area contributed by atoms with Crippen LogP contribution in [0.4, 0.5) is 11.4 Å². The minimum atomic E-state index is 0.114. The average Bonchev–Trinajstić information content (AvgIpc) is 3.45. The fourth-order valence-corrected chi connectivity index (χ4v) is 6.02. The second-order valence-electron chi connectivity index (χ2n) is 7.71. The molecule has 1 aliphatic rings. The fraction of sp³-hybridized carbons (Fsp3) is 0.115. The van der Waals surface area contributed by atoms with Crippen LogP contribution in [0, 0.1) is 6.92 Å². The second-order valence-corrected chi connectivity index (χ2v) is 8.96. The van der Waals surface area contributed by atoms with E-state index < -0.39 is 0 Å². The molecule has 4 heteroatoms. The number of aryl methyl sites for hydroxylation is 1. The molecule has 0 saturated carbocycles. The zero-order valence-corrected chi connectivity index (χ0v) is 17.4. The van der Waals surface area contributed by atoms with Crippen LogP contribution in [0.2, 0.25) is 0 Å². The van der Waals surface area contributed by atoms with E-state index in [1.807, 2.05) is 17.4 Å². The maximum Gasteiger partial charge on any atom is 0.181 e. The lowest BCUT2D eigenvalue weighted by molar-refractivity contribution is 0.602. The molecule has 3 nitrogen and oxygen atoms in total. The summed E-state index contributed by atoms with van der Waals surface area (Å²) in [5.74, 6) is 0.225. The van der Waals surface area contributed by atoms with E-state index in [-0.39, 0.29) is 12.0 Å². The molecule has 2 unspecified atom stereocenters. The summed E-state index contributed by atoms with van der Waals surface area (Å²) in [5, 5.41) is 1.35. The van der Waals surface area contributed by atoms with Gasteiger partial charge < -0.3 is 9.32 Å². The number of anilines is 2. The Morgan fingerprint density at radius 1 is 1.07 bits per heavy atom. The third kappa shape index (κ3) is 2.40. The molecule has 0 fully saturated rings. The van der Waals surface area contributed by atoms with E-state index in [0.29, 0.717) is 0 Å². The van der Waals surface area contributed by atoms with Gasteiger partial charge in [0.1, 0.15) is 5.52 Å². The van der Waals surface area contributed by atoms with Gasteiger partial charge in [-0.25, -0.2) is 4.98 Å². The average molecular weight is 409 g/mol. The summed E-state index contributed by atoms with van der Waals surface area (Å²) in [4.78, 5) is 8.13. The molecule has 2 aromatic heterocycles. The lowest BCUT2D eigenvalue weighted by Gasteiger charge is -2.28. The zero-order chi connectivity index (χ0) is 20.2. The highest BCUT2D eigenvalue weighted by atomic mass is 32.1. The largest absolute Gasteiger partial charge is 0.443 e. The lowest BCUT2D eigenvalue weighted by Crippen LogP contribution is -2.28. The number of hydrogen-bond acceptors (Lipinski definition) is 4. The number of thiophene rings is 1. The van der Waals surface area contributed by atoms with E-state index in [4.69, 9.17) is 4.42 Å². The van der Waals surface area contributed by atoms with Gasteiger partial charge in [-0.1, -0.05) is 42.5 Å². The molecule has 0 saturated heterocycles. The predicted molar refractivity (Wildman–Crippen MR) is 125 cm³/mol. The monoisotopic (exact) mass is 408 g/mol. The van der Waals surface area contributed by atoms with Gasteiger partial charge in [0.2, 0.25) is 0 Å². The van der Waals surface area contributed by atoms with E-state index in [2.05, 4.69) is 90.1 Å². The fourth-order valence-electron chi connectivity index (χ4n) is 4.91. The van der Waals surface area contributed by atoms with E-state index in [1.54, 1.807) is 0 Å². The third-order valence-corrected chi connectivity index (χ3v) is 7.24. The SMILES string of the molecule is C=CC1C(c2c(C)sc3ccccc23)c2ccccc2N1c1ccc2ocnc2c1. The van der Waals surface area contributed by atoms with Crippen LogP contribution in [0.25, 0.3) is 21.2 Å². The summed E-state index contributed by atoms with van der Waals surface area (Å²) in [7, 11) is 0. The molecule has 2 atom stereocenters. The molecule has 0 spiro atoms. The number of nitrogens with zero attached hydrogens (tertiary/aromatic N) is 2. The van der Waals surface area contributed by atoms with Crippen molar-refractivity contribution in [2.45, 2.75) is 18.9 Å². The van der Waals surface area contributed by atoms with Crippen LogP contribution in [0.1, 0.15) is 21.9 Å². The van der Waals surface area contributed by atoms with Crippen molar-refractivity contribution in [3.05, 3.63) is 102 Å². The molecule has 6 rings (SSSR count). The third-order valence-electron chi connectivity index (χ3n) is 6.14. The van der Waals surface area contributed by atoms with Crippen LogP contribution in [0.15, 0.2) is 90.2 Å². The molecule has 1 aliphatic heterocycles. The van der Waals surface area contributed by atoms with Crippen LogP contribution < -0.4 is 4.90 Å². The number of benzene rings is 3. The molecule has 0 bridgehead atoms. The molecule has 146 valence electrons. The number of fused-ring (bicyclic) bond motifs is 3. The molecule has 5 aromatic rings. The summed E-state index contributed by atoms with van der Waals surface area (Å²) in [5.41, 5.74) is 6.76. The maximum atomic E-state index is 5.45. The normalized spacial score (nSPS) is 18.2. The molecular formula is C26H20N2OS. The van der Waals surface area contributed by atoms with Crippen LogP contribution in [-0.4, -0.2) is 11.0 Å². The van der Waals surface area contributed by atoms with E-state index in [1.165, 1.54) is 38.2 Å². The van der Waals surface area contributed by atoms with Crippen molar-refractivity contribution < 1.29 is 4.42 Å². The first kappa shape index (κ1) is 17.5. The predicted octanol–water partition coefficient (Wildman–Crippen LogP) is 7.19. The van der Waals surface area contributed by atoms with Crippen molar-refractivity contribution in [3.63, 3.8) is 0 Å². The van der Waals surface area contributed by atoms with Crippen LogP contribution in [-0.2, 0) is 0 Å². The Morgan fingerprint density at radius 3 is 2.80 bits per heavy atom. The number of para-hydroxylation sites is 1. The van der Waals surface area contributed by atoms with Gasteiger partial charge >= 0.3 is 0 Å². The van der Waals surface area contributed by atoms with Crippen LogP contribution in [0.3, 0.4) is 0 Å². The maximum absolute atomic E-state index is 5.45. The van der Waals surface area contributed by atoms with Gasteiger partial charge in [0, 0.05) is 26.9 Å². The topological polar surface area (TPSA) is 29.3 Å². The van der Waals surface area contributed by atoms with Crippen LogP contribution in [0.5, 0.6) is 0 Å². The molecule has 0 aliphatic carbocycles. The van der Waals surface area contributed by atoms with Crippen molar-refractivity contribution in [3.8, 4) is 0 Å². The summed E-state index contributed by atoms with van der Waals surface area (Å²) in [6.07, 6.45) is 3.59. The van der Waals surface area contributed by atoms with Gasteiger partial charge in [-0.3, -0.25) is 0 Å². The van der Waals surface area contributed by atoms with Crippen LogP contribution >= 0.6 is 11.3 Å². The second kappa shape index (κ2) is 6.57. The minimum Gasteiger partial charge on any atom is -0.443 e. The van der Waals surface area contributed by atoms with Crippen molar-refractivity contribution in [1.29, 1.82) is 0 Å². The Kier molecular flexibility index (Phi) is 3.83. The standard InChI is InChI=1S/C26H20N2OS/c1-3-21-26(25-16(2)30-24-11-7-5-9-19(24)25)18-8-4-6-10-22(18)28(21)17-12-13-23-20(14-17)27-15-29-23/h3-15,21,26H,1H2,2H3. The Morgan fingerprint density at radius 2 is 1.90 bits per heavy atom. The van der Waals surface area contributed by atoms with Gasteiger partial charge in [-0.15, -0.1) is 17.9 Å². The first-order valence-corrected chi connectivity index (χ1v) is 10.9. The molecule has 0 radical (unpaired) electrons. The number of aromatic nitrogens is 1. The quantitative estimate of drug-likeness (QED) is 0.296. The van der Waals surface area contributed by atoms with E-state index in [9.17, 15) is 0 Å². The summed E-state index contributed by atoms with van der Waals surface area (Å²) >= 11 is 1.88. The highest BCUT2D eigenvalue weighted by Gasteiger charge is 2.40. The van der Waals surface area contributed by atoms with Gasteiger partial charge in [0.25, 0.3) is 0 Å². The Labute approximate surface area is 178 Å². The summed E-state index contributed by atoms with van der Waals surface area (Å²) in [6, 6.07) is 23.8. The van der Waals surface area contributed by atoms with Gasteiger partial charge in [0.15, 0.2) is 12.0 Å². The zero-order valence-electron chi connectivity index (χ0n) is 16.6. The van der Waals surface area contributed by atoms with Gasteiger partial charge in [0.05, 0.1) is 6.04 Å². The minimum absolute atomic E-state index is 0.114. The molecule has 30 heavy (non-hydrogen) atoms. The van der Waals surface area contributed by atoms with Crippen molar-refractivity contribution >= 4 is 43.9 Å². The summed E-state index contributed by atoms with van der Waals surface area (Å²) in [6.45, 7) is 6.49. The molecule has 3 aromatic carbocycles. The molecule has 0 amide bonds. The van der Waals surface area contributed by atoms with Gasteiger partial charge in [-0.2, -0.15) is 0 Å². The lowest BCUT2D eigenvalue weighted by atomic mass is 9.86. The van der Waals surface area contributed by atoms with Crippen molar-refractivity contribution in [1.82, 2.24) is 4.98 Å². The Bertz CT molecular complexity index is 1410. The van der Waals surface area contributed by atoms with E-state index >= 15 is 0 Å². The van der Waals surface area contributed by atoms with Crippen molar-refractivity contribution in [2.75, 3.05) is 4.90 Å². The van der Waals surface area contributed by atoms with Crippen molar-refractivity contribution in [2.24, 2.45) is 0 Å². The first-order valence-electron chi connectivity index (χ1n) is 10.1. The highest BCUT2D eigenvalue weighted by molar-refractivity contribution is 7.19. The smallest absolute Gasteiger partial charge is 0.181 e. The molecular weight excluding hydrogens is 388 g/mol. The molecule has 3 heterocycles. The number of rotatable bonds is 3. The first-order chi connectivity index (χ1) is 14.8. The number of oxazole rings is 1. The Balaban J connectivity index is 1.60. The number of hydrogen-bond donors (Lipinski definition) is 0. The van der Waals surface area contributed by atoms with E-state index in [0.717, 1.165) is 16.8 Å².